The zero-order chi connectivity index (χ0) is 7.82. The van der Waals surface area contributed by atoms with Crippen molar-refractivity contribution in [1.82, 2.24) is 0 Å². The molecule has 0 spiro atoms. The Morgan fingerprint density at radius 3 is 2.80 bits per heavy atom. The van der Waals surface area contributed by atoms with E-state index in [1.807, 2.05) is 0 Å². The molecule has 0 bridgehead atoms. The smallest absolute Gasteiger partial charge is 0.152 e. The quantitative estimate of drug-likeness (QED) is 0.319. The number of carbonyl (C=O) groups is 1. The van der Waals surface area contributed by atoms with Gasteiger partial charge < -0.3 is 9.53 Å². The highest BCUT2D eigenvalue weighted by Crippen LogP contribution is 1.93. The minimum absolute atomic E-state index is 0.411. The fourth-order valence-electron chi connectivity index (χ4n) is 0.527. The average molecular weight is 142 g/mol. The van der Waals surface area contributed by atoms with E-state index >= 15 is 0 Å². The van der Waals surface area contributed by atoms with Gasteiger partial charge in [-0.15, -0.1) is 6.58 Å². The largest absolute Gasteiger partial charge is 0.367 e. The molecule has 1 atom stereocenters. The molecule has 0 aromatic rings. The number of unbranched alkanes of at least 4 members (excludes halogenated alkanes) is 1. The third-order valence-corrected chi connectivity index (χ3v) is 1.17. The summed E-state index contributed by atoms with van der Waals surface area (Å²) in [4.78, 5) is 10.1. The molecule has 0 aromatic carbocycles. The van der Waals surface area contributed by atoms with Crippen molar-refractivity contribution in [1.29, 1.82) is 0 Å². The van der Waals surface area contributed by atoms with Gasteiger partial charge in [-0.25, -0.2) is 0 Å². The van der Waals surface area contributed by atoms with E-state index in [-0.39, 0.29) is 0 Å². The second kappa shape index (κ2) is 6.49. The van der Waals surface area contributed by atoms with Gasteiger partial charge >= 0.3 is 0 Å². The van der Waals surface area contributed by atoms with Crippen LogP contribution in [0, 0.1) is 0 Å². The molecule has 2 nitrogen and oxygen atoms in total. The van der Waals surface area contributed by atoms with Crippen LogP contribution in [0.5, 0.6) is 0 Å². The van der Waals surface area contributed by atoms with Crippen LogP contribution in [0.4, 0.5) is 0 Å². The number of aldehydes is 1. The molecule has 0 saturated heterocycles. The lowest BCUT2D eigenvalue weighted by Crippen LogP contribution is -2.11. The van der Waals surface area contributed by atoms with E-state index in [1.165, 1.54) is 6.08 Å². The van der Waals surface area contributed by atoms with Gasteiger partial charge in [-0.3, -0.25) is 0 Å². The summed E-state index contributed by atoms with van der Waals surface area (Å²) in [6.45, 7) is 6.18. The van der Waals surface area contributed by atoms with E-state index in [4.69, 9.17) is 4.74 Å². The maximum absolute atomic E-state index is 10.1. The Morgan fingerprint density at radius 1 is 1.70 bits per heavy atom. The van der Waals surface area contributed by atoms with Gasteiger partial charge in [0.15, 0.2) is 6.29 Å². The molecule has 0 heterocycles. The van der Waals surface area contributed by atoms with Crippen molar-refractivity contribution in [2.45, 2.75) is 25.9 Å². The molecule has 0 radical (unpaired) electrons. The third-order valence-electron chi connectivity index (χ3n) is 1.17. The van der Waals surface area contributed by atoms with Crippen LogP contribution in [0.15, 0.2) is 12.7 Å². The molecule has 0 aliphatic heterocycles. The van der Waals surface area contributed by atoms with E-state index in [0.29, 0.717) is 6.61 Å². The summed E-state index contributed by atoms with van der Waals surface area (Å²) in [5.74, 6) is 0. The fraction of sp³-hybridized carbons (Fsp3) is 0.625. The number of hydrogen-bond donors (Lipinski definition) is 0. The van der Waals surface area contributed by atoms with Gasteiger partial charge in [-0.1, -0.05) is 19.4 Å². The van der Waals surface area contributed by atoms with Crippen LogP contribution < -0.4 is 0 Å². The standard InChI is InChI=1S/C8H14O2/c1-3-5-6-10-8(4-2)7-9/h4,7-8H,2-3,5-6H2,1H3. The molecule has 2 heteroatoms. The Kier molecular flexibility index (Phi) is 6.08. The van der Waals surface area contributed by atoms with Crippen LogP contribution in [-0.4, -0.2) is 19.0 Å². The molecule has 0 rings (SSSR count). The van der Waals surface area contributed by atoms with E-state index in [1.54, 1.807) is 0 Å². The molecule has 0 amide bonds. The van der Waals surface area contributed by atoms with Crippen molar-refractivity contribution in [2.75, 3.05) is 6.61 Å². The van der Waals surface area contributed by atoms with Gasteiger partial charge in [0.1, 0.15) is 6.10 Å². The van der Waals surface area contributed by atoms with Crippen molar-refractivity contribution >= 4 is 6.29 Å². The highest BCUT2D eigenvalue weighted by molar-refractivity contribution is 5.58. The summed E-state index contributed by atoms with van der Waals surface area (Å²) >= 11 is 0. The van der Waals surface area contributed by atoms with Gasteiger partial charge in [0, 0.05) is 6.61 Å². The zero-order valence-corrected chi connectivity index (χ0v) is 6.38. The first kappa shape index (κ1) is 9.37. The lowest BCUT2D eigenvalue weighted by atomic mass is 10.3. The van der Waals surface area contributed by atoms with Crippen molar-refractivity contribution in [2.24, 2.45) is 0 Å². The third kappa shape index (κ3) is 4.27. The predicted molar refractivity (Wildman–Crippen MR) is 40.9 cm³/mol. The molecule has 0 saturated carbocycles. The normalized spacial score (nSPS) is 12.5. The van der Waals surface area contributed by atoms with Crippen LogP contribution in [-0.2, 0) is 9.53 Å². The van der Waals surface area contributed by atoms with E-state index in [2.05, 4.69) is 13.5 Å². The van der Waals surface area contributed by atoms with Crippen LogP contribution in [0.2, 0.25) is 0 Å². The summed E-state index contributed by atoms with van der Waals surface area (Å²) in [6, 6.07) is 0. The first-order valence-corrected chi connectivity index (χ1v) is 3.54. The lowest BCUT2D eigenvalue weighted by Gasteiger charge is -2.04. The van der Waals surface area contributed by atoms with Crippen molar-refractivity contribution < 1.29 is 9.53 Å². The Hall–Kier alpha value is -0.630. The first-order valence-electron chi connectivity index (χ1n) is 3.54. The lowest BCUT2D eigenvalue weighted by molar-refractivity contribution is -0.115. The highest BCUT2D eigenvalue weighted by Gasteiger charge is 1.98. The summed E-state index contributed by atoms with van der Waals surface area (Å²) in [5, 5.41) is 0. The number of rotatable bonds is 6. The van der Waals surface area contributed by atoms with Crippen molar-refractivity contribution in [3.8, 4) is 0 Å². The SMILES string of the molecule is C=CC(C=O)OCCCC. The molecule has 10 heavy (non-hydrogen) atoms. The maximum Gasteiger partial charge on any atom is 0.152 e. The molecule has 58 valence electrons. The van der Waals surface area contributed by atoms with Gasteiger partial charge in [0.2, 0.25) is 0 Å². The van der Waals surface area contributed by atoms with Gasteiger partial charge in [0.25, 0.3) is 0 Å². The van der Waals surface area contributed by atoms with Crippen molar-refractivity contribution in [3.05, 3.63) is 12.7 Å². The monoisotopic (exact) mass is 142 g/mol. The minimum Gasteiger partial charge on any atom is -0.367 e. The Labute approximate surface area is 61.9 Å². The Balaban J connectivity index is 3.25. The molecule has 0 aliphatic rings. The topological polar surface area (TPSA) is 26.3 Å². The molecule has 0 fully saturated rings. The van der Waals surface area contributed by atoms with Crippen molar-refractivity contribution in [3.63, 3.8) is 0 Å². The highest BCUT2D eigenvalue weighted by atomic mass is 16.5. The Bertz CT molecular complexity index is 91.4. The van der Waals surface area contributed by atoms with Crippen LogP contribution >= 0.6 is 0 Å². The number of ether oxygens (including phenoxy) is 1. The van der Waals surface area contributed by atoms with E-state index in [0.717, 1.165) is 19.1 Å². The number of hydrogen-bond acceptors (Lipinski definition) is 2. The van der Waals surface area contributed by atoms with Crippen LogP contribution in [0.25, 0.3) is 0 Å². The minimum atomic E-state index is -0.411. The summed E-state index contributed by atoms with van der Waals surface area (Å²) in [5.41, 5.74) is 0. The zero-order valence-electron chi connectivity index (χ0n) is 6.38. The maximum atomic E-state index is 10.1. The van der Waals surface area contributed by atoms with Crippen LogP contribution in [0.3, 0.4) is 0 Å². The molecule has 0 aliphatic carbocycles. The molecular weight excluding hydrogens is 128 g/mol. The van der Waals surface area contributed by atoms with E-state index < -0.39 is 6.10 Å². The van der Waals surface area contributed by atoms with Crippen LogP contribution in [0.1, 0.15) is 19.8 Å². The summed E-state index contributed by atoms with van der Waals surface area (Å²) in [6.07, 6.45) is 3.93. The summed E-state index contributed by atoms with van der Waals surface area (Å²) < 4.78 is 5.09. The summed E-state index contributed by atoms with van der Waals surface area (Å²) in [7, 11) is 0. The van der Waals surface area contributed by atoms with Gasteiger partial charge in [-0.05, 0) is 6.42 Å². The predicted octanol–water partition coefficient (Wildman–Crippen LogP) is 1.56. The molecule has 0 N–H and O–H groups in total. The fourth-order valence-corrected chi connectivity index (χ4v) is 0.527. The molecule has 1 unspecified atom stereocenters. The molecule has 0 aromatic heterocycles. The number of carbonyl (C=O) groups excluding carboxylic acids is 1. The van der Waals surface area contributed by atoms with Gasteiger partial charge in [0.05, 0.1) is 0 Å². The Morgan fingerprint density at radius 2 is 2.40 bits per heavy atom. The van der Waals surface area contributed by atoms with E-state index in [9.17, 15) is 4.79 Å². The second-order valence-corrected chi connectivity index (χ2v) is 2.06. The average Bonchev–Trinajstić information content (AvgIpc) is 1.99. The first-order chi connectivity index (χ1) is 4.85. The van der Waals surface area contributed by atoms with Gasteiger partial charge in [-0.2, -0.15) is 0 Å². The molecular formula is C8H14O2. The second-order valence-electron chi connectivity index (χ2n) is 2.06.